The van der Waals surface area contributed by atoms with E-state index in [-0.39, 0.29) is 17.2 Å². The van der Waals surface area contributed by atoms with Crippen molar-refractivity contribution in [3.8, 4) is 5.75 Å². The Kier molecular flexibility index (Phi) is 4.25. The topological polar surface area (TPSA) is 86.6 Å². The van der Waals surface area contributed by atoms with Gasteiger partial charge in [-0.3, -0.25) is 4.79 Å². The number of carbonyl (C=O) groups excluding carboxylic acids is 1. The van der Waals surface area contributed by atoms with Crippen molar-refractivity contribution in [1.29, 1.82) is 0 Å². The Bertz CT molecular complexity index is 473. The fourth-order valence-electron chi connectivity index (χ4n) is 1.42. The second-order valence-electron chi connectivity index (χ2n) is 4.20. The summed E-state index contributed by atoms with van der Waals surface area (Å²) in [5, 5.41) is 20.1. The third-order valence-corrected chi connectivity index (χ3v) is 2.42. The fraction of sp³-hybridized carbons (Fsp3) is 0.333. The van der Waals surface area contributed by atoms with Crippen molar-refractivity contribution >= 4 is 11.9 Å². The number of carboxylic acid groups (broad SMARTS) is 1. The van der Waals surface area contributed by atoms with Gasteiger partial charge in [0, 0.05) is 6.07 Å². The lowest BCUT2D eigenvalue weighted by molar-refractivity contribution is -0.140. The van der Waals surface area contributed by atoms with E-state index in [4.69, 9.17) is 10.2 Å². The van der Waals surface area contributed by atoms with Gasteiger partial charge in [0.05, 0.1) is 5.56 Å². The highest BCUT2D eigenvalue weighted by Gasteiger charge is 2.25. The number of benzene rings is 1. The Hall–Kier alpha value is -2.11. The predicted octanol–water partition coefficient (Wildman–Crippen LogP) is 1.37. The second kappa shape index (κ2) is 5.48. The van der Waals surface area contributed by atoms with Gasteiger partial charge in [0.2, 0.25) is 0 Å². The summed E-state index contributed by atoms with van der Waals surface area (Å²) in [5.74, 6) is -3.54. The van der Waals surface area contributed by atoms with Gasteiger partial charge in [0.15, 0.2) is 0 Å². The number of carbonyl (C=O) groups is 2. The number of amides is 1. The van der Waals surface area contributed by atoms with Crippen LogP contribution in [0.15, 0.2) is 18.2 Å². The van der Waals surface area contributed by atoms with E-state index in [9.17, 15) is 14.0 Å². The highest BCUT2D eigenvalue weighted by atomic mass is 19.1. The van der Waals surface area contributed by atoms with E-state index in [1.54, 1.807) is 13.8 Å². The summed E-state index contributed by atoms with van der Waals surface area (Å²) in [6.45, 7) is 3.26. The normalized spacial score (nSPS) is 12.2. The molecule has 98 valence electrons. The molecule has 1 amide bonds. The Morgan fingerprint density at radius 3 is 2.39 bits per heavy atom. The number of rotatable bonds is 4. The zero-order chi connectivity index (χ0) is 13.9. The van der Waals surface area contributed by atoms with E-state index in [1.807, 2.05) is 0 Å². The first-order valence-electron chi connectivity index (χ1n) is 5.35. The van der Waals surface area contributed by atoms with E-state index in [2.05, 4.69) is 5.32 Å². The average molecular weight is 255 g/mol. The van der Waals surface area contributed by atoms with Gasteiger partial charge >= 0.3 is 5.97 Å². The number of aromatic hydroxyl groups is 1. The summed E-state index contributed by atoms with van der Waals surface area (Å²) in [5.41, 5.74) is -0.306. The van der Waals surface area contributed by atoms with E-state index in [0.717, 1.165) is 18.2 Å². The van der Waals surface area contributed by atoms with Gasteiger partial charge in [-0.15, -0.1) is 0 Å². The van der Waals surface area contributed by atoms with E-state index in [0.29, 0.717) is 0 Å². The highest BCUT2D eigenvalue weighted by Crippen LogP contribution is 2.15. The van der Waals surface area contributed by atoms with Crippen LogP contribution in [-0.2, 0) is 4.79 Å². The van der Waals surface area contributed by atoms with Crippen LogP contribution in [0.3, 0.4) is 0 Å². The van der Waals surface area contributed by atoms with Crippen LogP contribution in [-0.4, -0.2) is 28.1 Å². The molecular weight excluding hydrogens is 241 g/mol. The molecule has 18 heavy (non-hydrogen) atoms. The van der Waals surface area contributed by atoms with Crippen LogP contribution >= 0.6 is 0 Å². The molecule has 0 bridgehead atoms. The minimum absolute atomic E-state index is 0.303. The molecular formula is C12H14FNO4. The third kappa shape index (κ3) is 3.19. The molecule has 1 aromatic carbocycles. The first-order valence-corrected chi connectivity index (χ1v) is 5.35. The number of phenols is 1. The largest absolute Gasteiger partial charge is 0.508 e. The summed E-state index contributed by atoms with van der Waals surface area (Å²) in [6, 6.07) is 1.95. The maximum Gasteiger partial charge on any atom is 0.326 e. The van der Waals surface area contributed by atoms with Gasteiger partial charge in [-0.1, -0.05) is 13.8 Å². The molecule has 0 aromatic heterocycles. The van der Waals surface area contributed by atoms with Crippen LogP contribution in [0, 0.1) is 11.7 Å². The maximum atomic E-state index is 13.4. The Morgan fingerprint density at radius 1 is 1.33 bits per heavy atom. The van der Waals surface area contributed by atoms with Crippen molar-refractivity contribution in [2.24, 2.45) is 5.92 Å². The molecule has 1 rings (SSSR count). The molecule has 0 heterocycles. The van der Waals surface area contributed by atoms with Crippen molar-refractivity contribution in [2.75, 3.05) is 0 Å². The Morgan fingerprint density at radius 2 is 1.94 bits per heavy atom. The molecule has 0 aliphatic carbocycles. The molecule has 0 saturated carbocycles. The predicted molar refractivity (Wildman–Crippen MR) is 61.8 cm³/mol. The molecule has 0 radical (unpaired) electrons. The molecule has 3 N–H and O–H groups in total. The minimum atomic E-state index is -1.18. The van der Waals surface area contributed by atoms with Crippen LogP contribution in [0.5, 0.6) is 5.75 Å². The molecule has 6 heteroatoms. The molecule has 5 nitrogen and oxygen atoms in total. The zero-order valence-corrected chi connectivity index (χ0v) is 9.98. The first kappa shape index (κ1) is 14.0. The van der Waals surface area contributed by atoms with Gasteiger partial charge in [0.25, 0.3) is 5.91 Å². The minimum Gasteiger partial charge on any atom is -0.508 e. The molecule has 1 atom stereocenters. The lowest BCUT2D eigenvalue weighted by Gasteiger charge is -2.18. The number of hydrogen-bond donors (Lipinski definition) is 3. The number of aliphatic carboxylic acids is 1. The number of nitrogens with one attached hydrogen (secondary N) is 1. The summed E-state index contributed by atoms with van der Waals surface area (Å²) in [6.07, 6.45) is 0. The fourth-order valence-corrected chi connectivity index (χ4v) is 1.42. The lowest BCUT2D eigenvalue weighted by atomic mass is 10.0. The molecule has 0 saturated heterocycles. The van der Waals surface area contributed by atoms with Crippen molar-refractivity contribution in [3.05, 3.63) is 29.6 Å². The quantitative estimate of drug-likeness (QED) is 0.758. The summed E-state index contributed by atoms with van der Waals surface area (Å²) in [4.78, 5) is 22.6. The number of phenolic OH excluding ortho intramolecular Hbond substituents is 1. The van der Waals surface area contributed by atoms with Gasteiger partial charge < -0.3 is 15.5 Å². The van der Waals surface area contributed by atoms with Crippen molar-refractivity contribution in [3.63, 3.8) is 0 Å². The molecule has 0 spiro atoms. The standard InChI is InChI=1S/C12H14FNO4/c1-6(2)10(12(17)18)14-11(16)8-4-3-7(15)5-9(8)13/h3-6,10,15H,1-2H3,(H,14,16)(H,17,18). The van der Waals surface area contributed by atoms with Crippen molar-refractivity contribution in [1.82, 2.24) is 5.32 Å². The lowest BCUT2D eigenvalue weighted by Crippen LogP contribution is -2.44. The van der Waals surface area contributed by atoms with E-state index in [1.165, 1.54) is 0 Å². The number of hydrogen-bond acceptors (Lipinski definition) is 3. The van der Waals surface area contributed by atoms with Crippen LogP contribution in [0.1, 0.15) is 24.2 Å². The monoisotopic (exact) mass is 255 g/mol. The smallest absolute Gasteiger partial charge is 0.326 e. The molecule has 0 fully saturated rings. The van der Waals surface area contributed by atoms with Gasteiger partial charge in [-0.2, -0.15) is 0 Å². The molecule has 0 aliphatic heterocycles. The summed E-state index contributed by atoms with van der Waals surface area (Å²) in [7, 11) is 0. The average Bonchev–Trinajstić information content (AvgIpc) is 2.24. The van der Waals surface area contributed by atoms with Crippen molar-refractivity contribution in [2.45, 2.75) is 19.9 Å². The highest BCUT2D eigenvalue weighted by molar-refractivity contribution is 5.97. The Labute approximate surface area is 103 Å². The van der Waals surface area contributed by atoms with Crippen LogP contribution in [0.25, 0.3) is 0 Å². The number of carboxylic acids is 1. The Balaban J connectivity index is 2.91. The van der Waals surface area contributed by atoms with Crippen LogP contribution in [0.2, 0.25) is 0 Å². The van der Waals surface area contributed by atoms with E-state index < -0.39 is 23.7 Å². The summed E-state index contributed by atoms with van der Waals surface area (Å²) >= 11 is 0. The SMILES string of the molecule is CC(C)C(NC(=O)c1ccc(O)cc1F)C(=O)O. The van der Waals surface area contributed by atoms with Gasteiger partial charge in [-0.25, -0.2) is 9.18 Å². The van der Waals surface area contributed by atoms with Gasteiger partial charge in [0.1, 0.15) is 17.6 Å². The van der Waals surface area contributed by atoms with Crippen LogP contribution in [0.4, 0.5) is 4.39 Å². The molecule has 1 unspecified atom stereocenters. The third-order valence-electron chi connectivity index (χ3n) is 2.42. The van der Waals surface area contributed by atoms with Crippen molar-refractivity contribution < 1.29 is 24.2 Å². The second-order valence-corrected chi connectivity index (χ2v) is 4.20. The van der Waals surface area contributed by atoms with Gasteiger partial charge in [-0.05, 0) is 18.1 Å². The number of halogens is 1. The molecule has 1 aromatic rings. The first-order chi connectivity index (χ1) is 8.32. The molecule has 0 aliphatic rings. The van der Waals surface area contributed by atoms with E-state index >= 15 is 0 Å². The summed E-state index contributed by atoms with van der Waals surface area (Å²) < 4.78 is 13.4. The zero-order valence-electron chi connectivity index (χ0n) is 9.98. The van der Waals surface area contributed by atoms with Crippen LogP contribution < -0.4 is 5.32 Å². The maximum absolute atomic E-state index is 13.4.